The fraction of sp³-hybridized carbons (Fsp3) is 0.538. The lowest BCUT2D eigenvalue weighted by molar-refractivity contribution is -0.153. The Bertz CT molecular complexity index is 483. The summed E-state index contributed by atoms with van der Waals surface area (Å²) in [5.41, 5.74) is 0.674. The second-order valence-corrected chi connectivity index (χ2v) is 4.35. The van der Waals surface area contributed by atoms with Crippen molar-refractivity contribution in [2.45, 2.75) is 12.6 Å². The lowest BCUT2D eigenvalue weighted by Gasteiger charge is -2.33. The van der Waals surface area contributed by atoms with Gasteiger partial charge in [-0.15, -0.1) is 0 Å². The van der Waals surface area contributed by atoms with Gasteiger partial charge in [-0.1, -0.05) is 0 Å². The Labute approximate surface area is 116 Å². The third-order valence-electron chi connectivity index (χ3n) is 3.20. The average molecular weight is 283 g/mol. The maximum atomic E-state index is 11.7. The first-order valence-electron chi connectivity index (χ1n) is 6.21. The molecule has 0 bridgehead atoms. The molecule has 0 aromatic carbocycles. The topological polar surface area (TPSA) is 78.2 Å². The highest BCUT2D eigenvalue weighted by molar-refractivity contribution is 5.87. The summed E-state index contributed by atoms with van der Waals surface area (Å²) in [5.74, 6) is -0.733. The van der Waals surface area contributed by atoms with Crippen LogP contribution in [0.5, 0.6) is 0 Å². The minimum atomic E-state index is -0.534. The third-order valence-corrected chi connectivity index (χ3v) is 3.20. The van der Waals surface area contributed by atoms with Crippen molar-refractivity contribution in [3.63, 3.8) is 0 Å². The van der Waals surface area contributed by atoms with Crippen molar-refractivity contribution in [2.75, 3.05) is 34.0 Å². The van der Waals surface area contributed by atoms with Gasteiger partial charge in [0.15, 0.2) is 0 Å². The molecule has 0 aliphatic carbocycles. The van der Waals surface area contributed by atoms with E-state index < -0.39 is 12.0 Å². The molecule has 1 aliphatic heterocycles. The number of carbonyl (C=O) groups excluding carboxylic acids is 2. The summed E-state index contributed by atoms with van der Waals surface area (Å²) in [5, 5.41) is 0. The van der Waals surface area contributed by atoms with Gasteiger partial charge in [0.25, 0.3) is 0 Å². The van der Waals surface area contributed by atoms with Gasteiger partial charge >= 0.3 is 11.9 Å². The highest BCUT2D eigenvalue weighted by Crippen LogP contribution is 2.18. The normalized spacial score (nSPS) is 19.6. The van der Waals surface area contributed by atoms with Gasteiger partial charge in [0.05, 0.1) is 33.7 Å². The van der Waals surface area contributed by atoms with Gasteiger partial charge in [0.1, 0.15) is 6.04 Å². The van der Waals surface area contributed by atoms with Crippen LogP contribution in [0.15, 0.2) is 16.7 Å². The smallest absolute Gasteiger partial charge is 0.374 e. The predicted molar refractivity (Wildman–Crippen MR) is 67.1 cm³/mol. The molecule has 0 spiro atoms. The van der Waals surface area contributed by atoms with Crippen LogP contribution in [0.4, 0.5) is 0 Å². The summed E-state index contributed by atoms with van der Waals surface area (Å²) in [6.07, 6.45) is 1.43. The summed E-state index contributed by atoms with van der Waals surface area (Å²) >= 11 is 0. The van der Waals surface area contributed by atoms with Crippen LogP contribution in [0.3, 0.4) is 0 Å². The van der Waals surface area contributed by atoms with Gasteiger partial charge in [-0.3, -0.25) is 9.69 Å². The van der Waals surface area contributed by atoms with Crippen LogP contribution in [-0.2, 0) is 25.5 Å². The number of ether oxygens (including phenoxy) is 3. The molecule has 1 aromatic heterocycles. The highest BCUT2D eigenvalue weighted by atomic mass is 16.5. The van der Waals surface area contributed by atoms with E-state index in [1.807, 2.05) is 4.90 Å². The van der Waals surface area contributed by atoms with Crippen LogP contribution in [-0.4, -0.2) is 56.9 Å². The Morgan fingerprint density at radius 2 is 2.20 bits per heavy atom. The summed E-state index contributed by atoms with van der Waals surface area (Å²) in [6.45, 7) is 1.77. The Hall–Kier alpha value is -1.86. The van der Waals surface area contributed by atoms with Crippen LogP contribution >= 0.6 is 0 Å². The Balaban J connectivity index is 2.13. The summed E-state index contributed by atoms with van der Waals surface area (Å²) < 4.78 is 19.8. The molecule has 1 atom stereocenters. The molecule has 7 nitrogen and oxygen atoms in total. The zero-order valence-electron chi connectivity index (χ0n) is 11.5. The van der Waals surface area contributed by atoms with Gasteiger partial charge in [0, 0.05) is 18.7 Å². The molecule has 2 heterocycles. The first-order valence-corrected chi connectivity index (χ1v) is 6.21. The highest BCUT2D eigenvalue weighted by Gasteiger charge is 2.31. The molecule has 0 radical (unpaired) electrons. The van der Waals surface area contributed by atoms with Crippen molar-refractivity contribution in [2.24, 2.45) is 0 Å². The molecule has 2 rings (SSSR count). The third kappa shape index (κ3) is 3.00. The van der Waals surface area contributed by atoms with Crippen molar-refractivity contribution in [1.29, 1.82) is 0 Å². The van der Waals surface area contributed by atoms with Gasteiger partial charge in [-0.25, -0.2) is 4.79 Å². The van der Waals surface area contributed by atoms with E-state index in [4.69, 9.17) is 13.9 Å². The molecule has 7 heteroatoms. The van der Waals surface area contributed by atoms with E-state index in [1.165, 1.54) is 20.5 Å². The number of furan rings is 1. The molecule has 0 amide bonds. The molecule has 0 saturated carbocycles. The summed E-state index contributed by atoms with van der Waals surface area (Å²) in [7, 11) is 2.63. The lowest BCUT2D eigenvalue weighted by Crippen LogP contribution is -2.49. The number of methoxy groups -OCH3 is 2. The molecular weight excluding hydrogens is 266 g/mol. The number of nitrogens with zero attached hydrogens (tertiary/aromatic N) is 1. The van der Waals surface area contributed by atoms with Crippen molar-refractivity contribution >= 4 is 11.9 Å². The monoisotopic (exact) mass is 283 g/mol. The zero-order valence-corrected chi connectivity index (χ0v) is 11.5. The van der Waals surface area contributed by atoms with E-state index in [0.717, 1.165) is 0 Å². The minimum Gasteiger partial charge on any atom is -0.468 e. The number of hydrogen-bond donors (Lipinski definition) is 0. The van der Waals surface area contributed by atoms with Crippen LogP contribution in [0.25, 0.3) is 0 Å². The molecular formula is C13H17NO6. The second kappa shape index (κ2) is 6.53. The number of morpholine rings is 1. The average Bonchev–Trinajstić information content (AvgIpc) is 2.94. The molecule has 110 valence electrons. The van der Waals surface area contributed by atoms with Crippen molar-refractivity contribution in [3.8, 4) is 0 Å². The lowest BCUT2D eigenvalue weighted by atomic mass is 10.1. The fourth-order valence-corrected chi connectivity index (χ4v) is 2.13. The number of hydrogen-bond acceptors (Lipinski definition) is 7. The van der Waals surface area contributed by atoms with Gasteiger partial charge in [0.2, 0.25) is 5.76 Å². The number of esters is 2. The molecule has 20 heavy (non-hydrogen) atoms. The van der Waals surface area contributed by atoms with E-state index in [9.17, 15) is 9.59 Å². The first-order chi connectivity index (χ1) is 9.67. The molecule has 1 fully saturated rings. The molecule has 1 aliphatic rings. The van der Waals surface area contributed by atoms with Crippen molar-refractivity contribution in [3.05, 3.63) is 23.7 Å². The predicted octanol–water partition coefficient (Wildman–Crippen LogP) is 0.440. The Morgan fingerprint density at radius 3 is 2.90 bits per heavy atom. The summed E-state index contributed by atoms with van der Waals surface area (Å²) in [6, 6.07) is 1.21. The largest absolute Gasteiger partial charge is 0.468 e. The van der Waals surface area contributed by atoms with E-state index >= 15 is 0 Å². The summed E-state index contributed by atoms with van der Waals surface area (Å²) in [4.78, 5) is 25.2. The van der Waals surface area contributed by atoms with E-state index in [2.05, 4.69) is 4.74 Å². The maximum absolute atomic E-state index is 11.7. The Kier molecular flexibility index (Phi) is 4.75. The quantitative estimate of drug-likeness (QED) is 0.742. The van der Waals surface area contributed by atoms with Crippen molar-refractivity contribution < 1.29 is 28.2 Å². The van der Waals surface area contributed by atoms with Gasteiger partial charge in [-0.05, 0) is 6.07 Å². The molecule has 1 aromatic rings. The Morgan fingerprint density at radius 1 is 1.40 bits per heavy atom. The molecule has 1 unspecified atom stereocenters. The van der Waals surface area contributed by atoms with Crippen LogP contribution in [0.1, 0.15) is 16.1 Å². The molecule has 0 N–H and O–H groups in total. The van der Waals surface area contributed by atoms with E-state index in [1.54, 1.807) is 6.07 Å². The van der Waals surface area contributed by atoms with E-state index in [-0.39, 0.29) is 18.3 Å². The van der Waals surface area contributed by atoms with Crippen LogP contribution < -0.4 is 0 Å². The van der Waals surface area contributed by atoms with Gasteiger partial charge in [-0.2, -0.15) is 0 Å². The molecule has 1 saturated heterocycles. The van der Waals surface area contributed by atoms with Crippen molar-refractivity contribution in [1.82, 2.24) is 4.90 Å². The fourth-order valence-electron chi connectivity index (χ4n) is 2.13. The number of carbonyl (C=O) groups is 2. The first kappa shape index (κ1) is 14.5. The maximum Gasteiger partial charge on any atom is 0.374 e. The second-order valence-electron chi connectivity index (χ2n) is 4.35. The number of rotatable bonds is 4. The van der Waals surface area contributed by atoms with Crippen LogP contribution in [0.2, 0.25) is 0 Å². The van der Waals surface area contributed by atoms with Crippen LogP contribution in [0, 0.1) is 0 Å². The standard InChI is InChI=1S/C13H17NO6/c1-17-12(15)10-8-19-6-4-14(10)7-9-3-5-20-11(9)13(16)18-2/h3,5,10H,4,6-8H2,1-2H3. The zero-order chi connectivity index (χ0) is 14.5. The van der Waals surface area contributed by atoms with E-state index in [0.29, 0.717) is 25.3 Å². The minimum absolute atomic E-state index is 0.155. The van der Waals surface area contributed by atoms with Gasteiger partial charge < -0.3 is 18.6 Å². The SMILES string of the molecule is COC(=O)c1occc1CN1CCOCC1C(=O)OC.